The topological polar surface area (TPSA) is 83.5 Å². The van der Waals surface area contributed by atoms with Gasteiger partial charge >= 0.3 is 0 Å². The van der Waals surface area contributed by atoms with Crippen LogP contribution in [0, 0.1) is 0 Å². The van der Waals surface area contributed by atoms with Crippen LogP contribution in [0.15, 0.2) is 29.2 Å². The summed E-state index contributed by atoms with van der Waals surface area (Å²) in [6.45, 7) is 3.16. The highest BCUT2D eigenvalue weighted by Crippen LogP contribution is 2.22. The fourth-order valence-corrected chi connectivity index (χ4v) is 2.60. The summed E-state index contributed by atoms with van der Waals surface area (Å²) in [4.78, 5) is 11.8. The van der Waals surface area contributed by atoms with Gasteiger partial charge in [-0.05, 0) is 25.5 Å². The van der Waals surface area contributed by atoms with Gasteiger partial charge in [0.15, 0.2) is 9.84 Å². The van der Waals surface area contributed by atoms with E-state index in [1.54, 1.807) is 32.0 Å². The Bertz CT molecular complexity index is 537. The molecule has 0 aromatic heterocycles. The summed E-state index contributed by atoms with van der Waals surface area (Å²) in [6, 6.07) is 6.32. The monoisotopic (exact) mass is 285 g/mol. The van der Waals surface area contributed by atoms with Crippen molar-refractivity contribution >= 4 is 21.4 Å². The van der Waals surface area contributed by atoms with E-state index in [0.29, 0.717) is 12.1 Å². The zero-order chi connectivity index (χ0) is 14.5. The fraction of sp³-hybridized carbons (Fsp3) is 0.462. The SMILES string of the molecule is CCS(=O)(=O)c1ccccc1NC(=O)CCC(C)O. The Balaban J connectivity index is 2.88. The molecule has 0 fully saturated rings. The number of para-hydroxylation sites is 1. The fourth-order valence-electron chi connectivity index (χ4n) is 1.55. The molecule has 0 aliphatic heterocycles. The average Bonchev–Trinajstić information content (AvgIpc) is 2.37. The van der Waals surface area contributed by atoms with Gasteiger partial charge in [0.25, 0.3) is 0 Å². The van der Waals surface area contributed by atoms with Gasteiger partial charge in [0, 0.05) is 6.42 Å². The number of carbonyl (C=O) groups excluding carboxylic acids is 1. The van der Waals surface area contributed by atoms with Crippen LogP contribution in [-0.4, -0.2) is 31.3 Å². The largest absolute Gasteiger partial charge is 0.393 e. The highest BCUT2D eigenvalue weighted by Gasteiger charge is 2.17. The number of hydrogen-bond acceptors (Lipinski definition) is 4. The van der Waals surface area contributed by atoms with E-state index in [9.17, 15) is 13.2 Å². The molecule has 0 spiro atoms. The quantitative estimate of drug-likeness (QED) is 0.831. The van der Waals surface area contributed by atoms with Crippen LogP contribution in [0.25, 0.3) is 0 Å². The highest BCUT2D eigenvalue weighted by atomic mass is 32.2. The summed E-state index contributed by atoms with van der Waals surface area (Å²) in [5.41, 5.74) is 0.292. The molecule has 1 atom stereocenters. The van der Waals surface area contributed by atoms with Crippen LogP contribution in [0.1, 0.15) is 26.7 Å². The molecule has 1 unspecified atom stereocenters. The van der Waals surface area contributed by atoms with Crippen LogP contribution in [0.5, 0.6) is 0 Å². The highest BCUT2D eigenvalue weighted by molar-refractivity contribution is 7.91. The molecule has 0 radical (unpaired) electrons. The molecule has 1 amide bonds. The molecule has 0 saturated carbocycles. The first-order valence-corrected chi connectivity index (χ1v) is 7.81. The molecule has 1 aromatic carbocycles. The van der Waals surface area contributed by atoms with Crippen LogP contribution >= 0.6 is 0 Å². The summed E-state index contributed by atoms with van der Waals surface area (Å²) in [7, 11) is -3.37. The molecule has 2 N–H and O–H groups in total. The van der Waals surface area contributed by atoms with Crippen molar-refractivity contribution in [1.29, 1.82) is 0 Å². The number of benzene rings is 1. The number of sulfone groups is 1. The first kappa shape index (κ1) is 15.7. The van der Waals surface area contributed by atoms with Crippen LogP contribution in [-0.2, 0) is 14.6 Å². The lowest BCUT2D eigenvalue weighted by Gasteiger charge is -2.11. The molecule has 0 aliphatic carbocycles. The van der Waals surface area contributed by atoms with E-state index in [4.69, 9.17) is 5.11 Å². The third-order valence-corrected chi connectivity index (χ3v) is 4.45. The minimum atomic E-state index is -3.37. The standard InChI is InChI=1S/C13H19NO4S/c1-3-19(17,18)12-7-5-4-6-11(12)14-13(16)9-8-10(2)15/h4-7,10,15H,3,8-9H2,1-2H3,(H,14,16). The molecule has 1 aromatic rings. The maximum Gasteiger partial charge on any atom is 0.224 e. The number of amides is 1. The molecule has 6 heteroatoms. The van der Waals surface area contributed by atoms with Gasteiger partial charge in [-0.1, -0.05) is 19.1 Å². The molecular formula is C13H19NO4S. The van der Waals surface area contributed by atoms with Crippen molar-refractivity contribution in [3.63, 3.8) is 0 Å². The van der Waals surface area contributed by atoms with Crippen molar-refractivity contribution in [2.24, 2.45) is 0 Å². The summed E-state index contributed by atoms with van der Waals surface area (Å²) in [6.07, 6.45) is -0.0625. The van der Waals surface area contributed by atoms with Gasteiger partial charge in [0.1, 0.15) is 0 Å². The van der Waals surface area contributed by atoms with Gasteiger partial charge in [-0.15, -0.1) is 0 Å². The number of anilines is 1. The number of nitrogens with one attached hydrogen (secondary N) is 1. The van der Waals surface area contributed by atoms with Crippen molar-refractivity contribution in [3.05, 3.63) is 24.3 Å². The lowest BCUT2D eigenvalue weighted by atomic mass is 10.2. The zero-order valence-electron chi connectivity index (χ0n) is 11.1. The number of rotatable bonds is 6. The summed E-state index contributed by atoms with van der Waals surface area (Å²) < 4.78 is 23.8. The van der Waals surface area contributed by atoms with Crippen molar-refractivity contribution < 1.29 is 18.3 Å². The van der Waals surface area contributed by atoms with Gasteiger partial charge in [-0.3, -0.25) is 4.79 Å². The first-order chi connectivity index (χ1) is 8.86. The predicted molar refractivity (Wildman–Crippen MR) is 73.7 cm³/mol. The van der Waals surface area contributed by atoms with Gasteiger partial charge in [0.2, 0.25) is 5.91 Å². The predicted octanol–water partition coefficient (Wildman–Crippen LogP) is 1.58. The Hall–Kier alpha value is -1.40. The Labute approximate surface area is 113 Å². The van der Waals surface area contributed by atoms with Crippen molar-refractivity contribution in [2.75, 3.05) is 11.1 Å². The van der Waals surface area contributed by atoms with Crippen LogP contribution in [0.4, 0.5) is 5.69 Å². The zero-order valence-corrected chi connectivity index (χ0v) is 11.9. The number of aliphatic hydroxyl groups is 1. The molecule has 5 nitrogen and oxygen atoms in total. The van der Waals surface area contributed by atoms with Crippen molar-refractivity contribution in [3.8, 4) is 0 Å². The Kier molecular flexibility index (Phi) is 5.50. The Morgan fingerprint density at radius 3 is 2.58 bits per heavy atom. The molecule has 0 heterocycles. The van der Waals surface area contributed by atoms with Crippen molar-refractivity contribution in [2.45, 2.75) is 37.7 Å². The molecule has 0 saturated heterocycles. The van der Waals surface area contributed by atoms with E-state index in [1.165, 1.54) is 6.07 Å². The van der Waals surface area contributed by atoms with E-state index in [2.05, 4.69) is 5.32 Å². The number of aliphatic hydroxyl groups excluding tert-OH is 1. The van der Waals surface area contributed by atoms with Gasteiger partial charge in [-0.25, -0.2) is 8.42 Å². The van der Waals surface area contributed by atoms with E-state index in [0.717, 1.165) is 0 Å². The third kappa shape index (κ3) is 4.65. The minimum Gasteiger partial charge on any atom is -0.393 e. The Morgan fingerprint density at radius 2 is 2.00 bits per heavy atom. The van der Waals surface area contributed by atoms with Gasteiger partial charge < -0.3 is 10.4 Å². The molecule has 106 valence electrons. The maximum absolute atomic E-state index is 11.9. The number of carbonyl (C=O) groups is 1. The van der Waals surface area contributed by atoms with Crippen LogP contribution in [0.3, 0.4) is 0 Å². The second kappa shape index (κ2) is 6.68. The molecular weight excluding hydrogens is 266 g/mol. The van der Waals surface area contributed by atoms with E-state index >= 15 is 0 Å². The number of hydrogen-bond donors (Lipinski definition) is 2. The third-order valence-electron chi connectivity index (χ3n) is 2.67. The Morgan fingerprint density at radius 1 is 1.37 bits per heavy atom. The van der Waals surface area contributed by atoms with E-state index < -0.39 is 15.9 Å². The van der Waals surface area contributed by atoms with Crippen molar-refractivity contribution in [1.82, 2.24) is 0 Å². The van der Waals surface area contributed by atoms with Gasteiger partial charge in [-0.2, -0.15) is 0 Å². The normalized spacial score (nSPS) is 13.0. The minimum absolute atomic E-state index is 0.0203. The molecule has 19 heavy (non-hydrogen) atoms. The summed E-state index contributed by atoms with van der Waals surface area (Å²) in [5, 5.41) is 11.7. The first-order valence-electron chi connectivity index (χ1n) is 6.16. The lowest BCUT2D eigenvalue weighted by molar-refractivity contribution is -0.116. The molecule has 0 aliphatic rings. The maximum atomic E-state index is 11.9. The smallest absolute Gasteiger partial charge is 0.224 e. The van der Waals surface area contributed by atoms with E-state index in [1.807, 2.05) is 0 Å². The summed E-state index contributed by atoms with van der Waals surface area (Å²) >= 11 is 0. The molecule has 0 bridgehead atoms. The molecule has 1 rings (SSSR count). The van der Waals surface area contributed by atoms with E-state index in [-0.39, 0.29) is 23.0 Å². The van der Waals surface area contributed by atoms with Crippen LogP contribution < -0.4 is 5.32 Å². The van der Waals surface area contributed by atoms with Gasteiger partial charge in [0.05, 0.1) is 22.4 Å². The second-order valence-corrected chi connectivity index (χ2v) is 6.58. The summed E-state index contributed by atoms with van der Waals surface area (Å²) in [5.74, 6) is -0.326. The van der Waals surface area contributed by atoms with Crippen LogP contribution in [0.2, 0.25) is 0 Å². The second-order valence-electron chi connectivity index (χ2n) is 4.34. The average molecular weight is 285 g/mol. The lowest BCUT2D eigenvalue weighted by Crippen LogP contribution is -2.16.